The third-order valence-electron chi connectivity index (χ3n) is 4.62. The first-order valence-electron chi connectivity index (χ1n) is 9.11. The summed E-state index contributed by atoms with van der Waals surface area (Å²) in [5.74, 6) is -0.149. The molecule has 1 saturated heterocycles. The number of carbonyl (C=O) groups excluding carboxylic acids is 1. The van der Waals surface area contributed by atoms with Gasteiger partial charge in [-0.2, -0.15) is 0 Å². The molecule has 2 heterocycles. The molecule has 1 N–H and O–H groups in total. The zero-order chi connectivity index (χ0) is 20.0. The minimum atomic E-state index is -3.66. The lowest BCUT2D eigenvalue weighted by atomic mass is 10.1. The average Bonchev–Trinajstić information content (AvgIpc) is 2.73. The summed E-state index contributed by atoms with van der Waals surface area (Å²) in [5.41, 5.74) is 1.57. The monoisotopic (exact) mass is 400 g/mol. The molecule has 1 aromatic heterocycles. The number of carbonyl (C=O) groups is 1. The van der Waals surface area contributed by atoms with Crippen molar-refractivity contribution >= 4 is 15.9 Å². The molecule has 28 heavy (non-hydrogen) atoms. The highest BCUT2D eigenvalue weighted by atomic mass is 32.2. The molecule has 1 fully saturated rings. The summed E-state index contributed by atoms with van der Waals surface area (Å²) in [4.78, 5) is 21.0. The number of rotatable bonds is 7. The van der Waals surface area contributed by atoms with E-state index < -0.39 is 10.0 Å². The fraction of sp³-hybridized carbons (Fsp3) is 0.300. The molecule has 1 aliphatic rings. The number of amides is 1. The number of aromatic nitrogens is 1. The Morgan fingerprint density at radius 1 is 1.14 bits per heavy atom. The Morgan fingerprint density at radius 2 is 1.86 bits per heavy atom. The normalized spacial score (nSPS) is 15.4. The molecule has 0 spiro atoms. The van der Waals surface area contributed by atoms with Gasteiger partial charge in [0.2, 0.25) is 10.0 Å². The maximum Gasteiger partial charge on any atom is 0.253 e. The summed E-state index contributed by atoms with van der Waals surface area (Å²) < 4.78 is 26.9. The molecule has 1 aliphatic heterocycles. The van der Waals surface area contributed by atoms with Crippen LogP contribution in [0.25, 0.3) is 0 Å². The number of hydrogen-bond donors (Lipinski definition) is 1. The van der Waals surface area contributed by atoms with Crippen LogP contribution in [0.3, 0.4) is 0 Å². The van der Waals surface area contributed by atoms with E-state index in [1.807, 2.05) is 12.1 Å². The summed E-state index contributed by atoms with van der Waals surface area (Å²) in [5, 5.41) is 0. The number of nitrogens with one attached hydrogen (secondary N) is 1. The molecular formula is C20H24N4O3S. The van der Waals surface area contributed by atoms with E-state index in [9.17, 15) is 13.2 Å². The van der Waals surface area contributed by atoms with Gasteiger partial charge in [-0.25, -0.2) is 13.1 Å². The summed E-state index contributed by atoms with van der Waals surface area (Å²) in [6, 6.07) is 10.1. The number of hydrogen-bond acceptors (Lipinski definition) is 5. The molecule has 0 radical (unpaired) electrons. The van der Waals surface area contributed by atoms with Crippen LogP contribution in [0.15, 0.2) is 66.3 Å². The van der Waals surface area contributed by atoms with E-state index in [-0.39, 0.29) is 17.3 Å². The molecule has 0 saturated carbocycles. The molecule has 1 aromatic carbocycles. The number of nitrogens with zero attached hydrogens (tertiary/aromatic N) is 3. The quantitative estimate of drug-likeness (QED) is 0.713. The third-order valence-corrected chi connectivity index (χ3v) is 6.05. The Kier molecular flexibility index (Phi) is 6.56. The molecule has 3 rings (SSSR count). The molecule has 7 nitrogen and oxygen atoms in total. The van der Waals surface area contributed by atoms with E-state index in [4.69, 9.17) is 0 Å². The van der Waals surface area contributed by atoms with E-state index >= 15 is 0 Å². The SMILES string of the molecule is C=CCNS(=O)(=O)c1cccc(C(=O)N2CCN(Cc3ccncc3)CC2)c1. The third kappa shape index (κ3) is 5.03. The van der Waals surface area contributed by atoms with Crippen LogP contribution in [-0.2, 0) is 16.6 Å². The van der Waals surface area contributed by atoms with Gasteiger partial charge in [-0.1, -0.05) is 12.1 Å². The van der Waals surface area contributed by atoms with Crippen molar-refractivity contribution in [3.05, 3.63) is 72.6 Å². The summed E-state index contributed by atoms with van der Waals surface area (Å²) in [6.07, 6.45) is 5.03. The minimum absolute atomic E-state index is 0.0801. The van der Waals surface area contributed by atoms with E-state index in [2.05, 4.69) is 21.2 Å². The second-order valence-electron chi connectivity index (χ2n) is 6.59. The molecule has 1 amide bonds. The highest BCUT2D eigenvalue weighted by molar-refractivity contribution is 7.89. The zero-order valence-electron chi connectivity index (χ0n) is 15.6. The molecular weight excluding hydrogens is 376 g/mol. The van der Waals surface area contributed by atoms with Crippen molar-refractivity contribution in [1.29, 1.82) is 0 Å². The van der Waals surface area contributed by atoms with Gasteiger partial charge in [0.15, 0.2) is 0 Å². The van der Waals surface area contributed by atoms with Gasteiger partial charge in [0.25, 0.3) is 5.91 Å². The Labute approximate surface area is 165 Å². The van der Waals surface area contributed by atoms with Crippen molar-refractivity contribution in [2.75, 3.05) is 32.7 Å². The van der Waals surface area contributed by atoms with Gasteiger partial charge < -0.3 is 4.90 Å². The minimum Gasteiger partial charge on any atom is -0.336 e. The predicted octanol–water partition coefficient (Wildman–Crippen LogP) is 1.50. The Balaban J connectivity index is 1.62. The number of piperazine rings is 1. The summed E-state index contributed by atoms with van der Waals surface area (Å²) in [6.45, 7) is 7.22. The Hall–Kier alpha value is -2.55. The van der Waals surface area contributed by atoms with E-state index in [0.29, 0.717) is 18.7 Å². The highest BCUT2D eigenvalue weighted by Crippen LogP contribution is 2.15. The Bertz CT molecular complexity index is 923. The van der Waals surface area contributed by atoms with Crippen molar-refractivity contribution in [1.82, 2.24) is 19.5 Å². The van der Waals surface area contributed by atoms with Crippen LogP contribution in [0.5, 0.6) is 0 Å². The van der Waals surface area contributed by atoms with Crippen LogP contribution in [-0.4, -0.2) is 61.8 Å². The van der Waals surface area contributed by atoms with Crippen molar-refractivity contribution in [2.24, 2.45) is 0 Å². The van der Waals surface area contributed by atoms with Crippen LogP contribution in [0.4, 0.5) is 0 Å². The van der Waals surface area contributed by atoms with Gasteiger partial charge in [-0.15, -0.1) is 6.58 Å². The first kappa shape index (κ1) is 20.2. The van der Waals surface area contributed by atoms with Crippen LogP contribution in [0.2, 0.25) is 0 Å². The van der Waals surface area contributed by atoms with Gasteiger partial charge >= 0.3 is 0 Å². The fourth-order valence-electron chi connectivity index (χ4n) is 3.09. The van der Waals surface area contributed by atoms with Crippen LogP contribution < -0.4 is 4.72 Å². The first-order chi connectivity index (χ1) is 13.5. The topological polar surface area (TPSA) is 82.6 Å². The zero-order valence-corrected chi connectivity index (χ0v) is 16.4. The number of benzene rings is 1. The first-order valence-corrected chi connectivity index (χ1v) is 10.6. The van der Waals surface area contributed by atoms with Crippen LogP contribution >= 0.6 is 0 Å². The lowest BCUT2D eigenvalue weighted by molar-refractivity contribution is 0.0628. The van der Waals surface area contributed by atoms with E-state index in [1.54, 1.807) is 29.4 Å². The maximum absolute atomic E-state index is 12.8. The largest absolute Gasteiger partial charge is 0.336 e. The lowest BCUT2D eigenvalue weighted by Crippen LogP contribution is -2.48. The van der Waals surface area contributed by atoms with Crippen LogP contribution in [0.1, 0.15) is 15.9 Å². The Morgan fingerprint density at radius 3 is 2.54 bits per heavy atom. The van der Waals surface area contributed by atoms with Gasteiger partial charge in [0.1, 0.15) is 0 Å². The van der Waals surface area contributed by atoms with Gasteiger partial charge in [0, 0.05) is 57.2 Å². The molecule has 2 aromatic rings. The second kappa shape index (κ2) is 9.09. The average molecular weight is 401 g/mol. The summed E-state index contributed by atoms with van der Waals surface area (Å²) in [7, 11) is -3.66. The van der Waals surface area contributed by atoms with Crippen molar-refractivity contribution in [2.45, 2.75) is 11.4 Å². The maximum atomic E-state index is 12.8. The molecule has 8 heteroatoms. The molecule has 148 valence electrons. The van der Waals surface area contributed by atoms with E-state index in [1.165, 1.54) is 23.8 Å². The molecule has 0 bridgehead atoms. The standard InChI is InChI=1S/C20H24N4O3S/c1-2-8-22-28(26,27)19-5-3-4-18(15-19)20(25)24-13-11-23(12-14-24)16-17-6-9-21-10-7-17/h2-7,9-10,15,22H,1,8,11-14,16H2. The smallest absolute Gasteiger partial charge is 0.253 e. The fourth-order valence-corrected chi connectivity index (χ4v) is 4.13. The van der Waals surface area contributed by atoms with Gasteiger partial charge in [-0.3, -0.25) is 14.7 Å². The van der Waals surface area contributed by atoms with Gasteiger partial charge in [0.05, 0.1) is 4.90 Å². The number of pyridine rings is 1. The predicted molar refractivity (Wildman–Crippen MR) is 107 cm³/mol. The lowest BCUT2D eigenvalue weighted by Gasteiger charge is -2.34. The van der Waals surface area contributed by atoms with Gasteiger partial charge in [-0.05, 0) is 35.9 Å². The second-order valence-corrected chi connectivity index (χ2v) is 8.36. The van der Waals surface area contributed by atoms with E-state index in [0.717, 1.165) is 19.6 Å². The number of sulfonamides is 1. The van der Waals surface area contributed by atoms with Crippen molar-refractivity contribution < 1.29 is 13.2 Å². The summed E-state index contributed by atoms with van der Waals surface area (Å²) >= 11 is 0. The highest BCUT2D eigenvalue weighted by Gasteiger charge is 2.23. The van der Waals surface area contributed by atoms with Crippen molar-refractivity contribution in [3.63, 3.8) is 0 Å². The molecule has 0 aliphatic carbocycles. The molecule has 0 unspecified atom stereocenters. The van der Waals surface area contributed by atoms with Crippen molar-refractivity contribution in [3.8, 4) is 0 Å². The molecule has 0 atom stereocenters. The van der Waals surface area contributed by atoms with Crippen LogP contribution in [0, 0.1) is 0 Å².